The molecule has 0 aromatic heterocycles. The predicted octanol–water partition coefficient (Wildman–Crippen LogP) is 2.32. The summed E-state index contributed by atoms with van der Waals surface area (Å²) in [6.07, 6.45) is 17.8. The van der Waals surface area contributed by atoms with E-state index in [0.29, 0.717) is 6.04 Å². The van der Waals surface area contributed by atoms with Crippen LogP contribution in [-0.4, -0.2) is 30.0 Å². The first-order valence-electron chi connectivity index (χ1n) is 11.1. The zero-order valence-electron chi connectivity index (χ0n) is 18.4. The Labute approximate surface area is 206 Å². The smallest absolute Gasteiger partial charge is 0.550 e. The molecule has 0 N–H and O–H groups in total. The van der Waals surface area contributed by atoms with Gasteiger partial charge in [0.25, 0.3) is 0 Å². The molecular weight excluding hydrogens is 349 g/mol. The molecule has 0 heterocycles. The van der Waals surface area contributed by atoms with Gasteiger partial charge in [-0.25, -0.2) is 0 Å². The van der Waals surface area contributed by atoms with Gasteiger partial charge in [0, 0.05) is 12.0 Å². The third-order valence-corrected chi connectivity index (χ3v) is 5.27. The third-order valence-electron chi connectivity index (χ3n) is 5.27. The summed E-state index contributed by atoms with van der Waals surface area (Å²) in [5.41, 5.74) is 0. The number of aliphatic carboxylic acids is 1. The second-order valence-corrected chi connectivity index (χ2v) is 7.54. The van der Waals surface area contributed by atoms with Crippen molar-refractivity contribution in [2.75, 3.05) is 13.1 Å². The maximum absolute atomic E-state index is 10.8. The van der Waals surface area contributed by atoms with Crippen LogP contribution in [-0.2, 0) is 4.79 Å². The molecular formula is C22H44KNO2. The van der Waals surface area contributed by atoms with Crippen molar-refractivity contribution >= 4 is 5.97 Å². The molecule has 0 aliphatic rings. The molecule has 0 rings (SSSR count). The Balaban J connectivity index is 0. The number of hydrogen-bond acceptors (Lipinski definition) is 3. The molecule has 0 aliphatic carbocycles. The first-order chi connectivity index (χ1) is 12.2. The minimum Gasteiger partial charge on any atom is -0.550 e. The van der Waals surface area contributed by atoms with Crippen LogP contribution in [0.3, 0.4) is 0 Å². The molecule has 26 heavy (non-hydrogen) atoms. The van der Waals surface area contributed by atoms with Crippen molar-refractivity contribution in [1.29, 1.82) is 0 Å². The van der Waals surface area contributed by atoms with Crippen molar-refractivity contribution in [3.8, 4) is 0 Å². The number of carbonyl (C=O) groups excluding carboxylic acids is 1. The summed E-state index contributed by atoms with van der Waals surface area (Å²) in [7, 11) is 0. The van der Waals surface area contributed by atoms with Crippen LogP contribution in [0.15, 0.2) is 0 Å². The number of carboxylic acid groups (broad SMARTS) is 1. The number of carbonyl (C=O) groups is 1. The Morgan fingerprint density at radius 2 is 1.19 bits per heavy atom. The van der Waals surface area contributed by atoms with Gasteiger partial charge in [0.1, 0.15) is 0 Å². The molecule has 0 aromatic carbocycles. The zero-order chi connectivity index (χ0) is 18.8. The van der Waals surface area contributed by atoms with Crippen LogP contribution in [0.2, 0.25) is 0 Å². The Morgan fingerprint density at radius 1 is 0.769 bits per heavy atom. The largest absolute Gasteiger partial charge is 1.00 e. The van der Waals surface area contributed by atoms with Crippen LogP contribution in [0.5, 0.6) is 0 Å². The zero-order valence-corrected chi connectivity index (χ0v) is 21.5. The minimum atomic E-state index is -0.905. The maximum atomic E-state index is 10.8. The Bertz CT molecular complexity index is 284. The molecule has 0 bridgehead atoms. The number of hydrogen-bond donors (Lipinski definition) is 0. The molecule has 4 heteroatoms. The fraction of sp³-hybridized carbons (Fsp3) is 0.955. The average Bonchev–Trinajstić information content (AvgIpc) is 2.60. The number of nitrogens with zero attached hydrogens (tertiary/aromatic N) is 1. The third kappa shape index (κ3) is 18.4. The first-order valence-corrected chi connectivity index (χ1v) is 11.1. The van der Waals surface area contributed by atoms with E-state index in [4.69, 9.17) is 0 Å². The van der Waals surface area contributed by atoms with Gasteiger partial charge in [-0.2, -0.15) is 0 Å². The standard InChI is InChI=1S/C22H45NO2.K/c1-4-7-9-11-13-15-19-23(20-16-14-12-10-8-5-2)21(6-3)17-18-22(24)25;/h21H,4-20H2,1-3H3,(H,24,25);/q;+1/p-1. The number of rotatable bonds is 19. The Hall–Kier alpha value is 1.07. The molecule has 0 saturated carbocycles. The van der Waals surface area contributed by atoms with Crippen molar-refractivity contribution in [2.45, 2.75) is 123 Å². The molecule has 0 aliphatic heterocycles. The Morgan fingerprint density at radius 3 is 1.58 bits per heavy atom. The van der Waals surface area contributed by atoms with Crippen LogP contribution in [0, 0.1) is 0 Å². The first kappa shape index (κ1) is 29.3. The van der Waals surface area contributed by atoms with E-state index in [1.54, 1.807) is 0 Å². The summed E-state index contributed by atoms with van der Waals surface area (Å²) < 4.78 is 0. The van der Waals surface area contributed by atoms with Crippen molar-refractivity contribution in [3.05, 3.63) is 0 Å². The molecule has 0 saturated heterocycles. The second-order valence-electron chi connectivity index (χ2n) is 7.54. The molecule has 1 atom stereocenters. The van der Waals surface area contributed by atoms with Crippen molar-refractivity contribution in [3.63, 3.8) is 0 Å². The summed E-state index contributed by atoms with van der Waals surface area (Å²) >= 11 is 0. The monoisotopic (exact) mass is 393 g/mol. The molecule has 0 radical (unpaired) electrons. The van der Waals surface area contributed by atoms with Gasteiger partial charge < -0.3 is 14.8 Å². The summed E-state index contributed by atoms with van der Waals surface area (Å²) in [6.45, 7) is 8.96. The van der Waals surface area contributed by atoms with E-state index in [9.17, 15) is 9.90 Å². The molecule has 0 spiro atoms. The fourth-order valence-corrected chi connectivity index (χ4v) is 3.60. The van der Waals surface area contributed by atoms with Gasteiger partial charge in [0.15, 0.2) is 0 Å². The summed E-state index contributed by atoms with van der Waals surface area (Å²) in [5, 5.41) is 10.8. The van der Waals surface area contributed by atoms with E-state index >= 15 is 0 Å². The van der Waals surface area contributed by atoms with Gasteiger partial charge in [-0.1, -0.05) is 85.0 Å². The molecule has 3 nitrogen and oxygen atoms in total. The van der Waals surface area contributed by atoms with Crippen molar-refractivity contribution < 1.29 is 61.3 Å². The van der Waals surface area contributed by atoms with Gasteiger partial charge in [-0.3, -0.25) is 0 Å². The minimum absolute atomic E-state index is 0. The van der Waals surface area contributed by atoms with Gasteiger partial charge >= 0.3 is 51.4 Å². The molecule has 0 amide bonds. The summed E-state index contributed by atoms with van der Waals surface area (Å²) in [4.78, 5) is 13.4. The van der Waals surface area contributed by atoms with E-state index in [0.717, 1.165) is 25.9 Å². The van der Waals surface area contributed by atoms with Crippen molar-refractivity contribution in [2.24, 2.45) is 0 Å². The van der Waals surface area contributed by atoms with E-state index < -0.39 is 5.97 Å². The maximum Gasteiger partial charge on any atom is 1.00 e. The number of unbranched alkanes of at least 4 members (excludes halogenated alkanes) is 10. The predicted molar refractivity (Wildman–Crippen MR) is 107 cm³/mol. The average molecular weight is 394 g/mol. The molecule has 0 aromatic rings. The van der Waals surface area contributed by atoms with Crippen LogP contribution in [0.4, 0.5) is 0 Å². The van der Waals surface area contributed by atoms with Crippen LogP contribution < -0.4 is 56.5 Å². The van der Waals surface area contributed by atoms with Gasteiger partial charge in [0.05, 0.1) is 0 Å². The summed E-state index contributed by atoms with van der Waals surface area (Å²) in [5.74, 6) is -0.905. The quantitative estimate of drug-likeness (QED) is 0.250. The molecule has 1 unspecified atom stereocenters. The van der Waals surface area contributed by atoms with E-state index in [1.165, 1.54) is 77.0 Å². The summed E-state index contributed by atoms with van der Waals surface area (Å²) in [6, 6.07) is 0.407. The second kappa shape index (κ2) is 22.4. The van der Waals surface area contributed by atoms with E-state index in [2.05, 4.69) is 25.7 Å². The Kier molecular flexibility index (Phi) is 25.2. The SMILES string of the molecule is CCCCCCCCN(CCCCCCCC)C(CC)CCC(=O)[O-].[K+]. The number of carboxylic acids is 1. The fourth-order valence-electron chi connectivity index (χ4n) is 3.60. The normalized spacial score (nSPS) is 12.2. The molecule has 0 fully saturated rings. The van der Waals surface area contributed by atoms with Gasteiger partial charge in [-0.05, 0) is 45.2 Å². The van der Waals surface area contributed by atoms with Gasteiger partial charge in [0.2, 0.25) is 0 Å². The van der Waals surface area contributed by atoms with Crippen LogP contribution >= 0.6 is 0 Å². The van der Waals surface area contributed by atoms with Crippen LogP contribution in [0.1, 0.15) is 117 Å². The van der Waals surface area contributed by atoms with E-state index in [-0.39, 0.29) is 57.8 Å². The van der Waals surface area contributed by atoms with Gasteiger partial charge in [-0.15, -0.1) is 0 Å². The topological polar surface area (TPSA) is 43.4 Å². The molecule has 150 valence electrons. The van der Waals surface area contributed by atoms with E-state index in [1.807, 2.05) is 0 Å². The van der Waals surface area contributed by atoms with Crippen molar-refractivity contribution in [1.82, 2.24) is 4.90 Å². The van der Waals surface area contributed by atoms with Crippen LogP contribution in [0.25, 0.3) is 0 Å².